The fraction of sp³-hybridized carbons (Fsp3) is 0. The van der Waals surface area contributed by atoms with Crippen molar-refractivity contribution < 1.29 is 13.3 Å². The predicted molar refractivity (Wildman–Crippen MR) is 620 cm³/mol. The van der Waals surface area contributed by atoms with Gasteiger partial charge in [-0.3, -0.25) is 0 Å². The van der Waals surface area contributed by atoms with Gasteiger partial charge in [0.15, 0.2) is 0 Å². The highest BCUT2D eigenvalue weighted by atomic mass is 32.1. The molecule has 0 atom stereocenters. The average molecular weight is 1880 g/mol. The first-order chi connectivity index (χ1) is 71.4. The summed E-state index contributed by atoms with van der Waals surface area (Å²) < 4.78 is 27.0. The van der Waals surface area contributed by atoms with Crippen LogP contribution >= 0.6 is 34.0 Å². The first-order valence-corrected chi connectivity index (χ1v) is 51.7. The topological polar surface area (TPSA) is 39.4 Å². The molecule has 0 spiro atoms. The highest BCUT2D eigenvalue weighted by molar-refractivity contribution is 7.27. The van der Waals surface area contributed by atoms with E-state index in [1.807, 2.05) is 34.0 Å². The van der Waals surface area contributed by atoms with Gasteiger partial charge in [0, 0.05) is 92.8 Å². The molecule has 0 saturated carbocycles. The minimum atomic E-state index is 0.940. The Hall–Kier alpha value is -17.9. The molecule has 3 nitrogen and oxygen atoms in total. The summed E-state index contributed by atoms with van der Waals surface area (Å²) in [7, 11) is 0. The second-order valence-corrected chi connectivity index (χ2v) is 41.5. The highest BCUT2D eigenvalue weighted by Gasteiger charge is 2.29. The van der Waals surface area contributed by atoms with E-state index < -0.39 is 0 Å². The van der Waals surface area contributed by atoms with Crippen molar-refractivity contribution in [2.75, 3.05) is 0 Å². The van der Waals surface area contributed by atoms with Gasteiger partial charge in [-0.05, 0) is 294 Å². The van der Waals surface area contributed by atoms with E-state index in [1.165, 1.54) is 290 Å². The van der Waals surface area contributed by atoms with Crippen molar-refractivity contribution in [3.8, 4) is 100 Å². The summed E-state index contributed by atoms with van der Waals surface area (Å²) in [6, 6.07) is 174. The number of thiophene rings is 3. The van der Waals surface area contributed by atoms with E-state index in [0.717, 1.165) is 33.5 Å². The zero-order valence-corrected chi connectivity index (χ0v) is 79.9. The standard InChI is InChI=1S/3C46H26OS/c1-3-17-34-32(15-1)42(28-12-7-11-27(25-28)30-19-9-21-37-31-14-5-6-24-41(31)48-46(30)37)33-16-2-4-18-35(33)44(34)38-26-29-13-8-22-39-43(29)45-36(38)20-10-23-40(45)47-39;1-3-16-35-33(14-1)43(29-11-7-10-27(24-29)28-22-23-32-31-13-5-6-21-41(31)48-42(32)26-28)34-15-2-4-17-36(34)45(35)38-25-30-12-8-19-39-44(30)46-37(38)18-9-20-40(46)47-39;1-2-14-32(29(12-1)27-23-24-31-30-13-7-8-22-41(30)48-42(31)26-27)44-33-15-3-5-17-35(33)45(36-18-6-4-16-34(36)44)38-25-28-11-9-20-39-43(28)46-37(38)19-10-21-40(46)47-39/h3*1-26H. The molecule has 27 aromatic carbocycles. The van der Waals surface area contributed by atoms with Gasteiger partial charge in [0.1, 0.15) is 33.5 Å². The Morgan fingerprint density at radius 3 is 0.785 bits per heavy atom. The Balaban J connectivity index is 0.0000000986. The van der Waals surface area contributed by atoms with E-state index in [2.05, 4.69) is 473 Å². The maximum Gasteiger partial charge on any atom is 0.136 e. The molecule has 0 aliphatic heterocycles. The van der Waals surface area contributed by atoms with Gasteiger partial charge in [0.2, 0.25) is 0 Å². The fourth-order valence-corrected chi connectivity index (χ4v) is 28.2. The van der Waals surface area contributed by atoms with E-state index in [0.29, 0.717) is 0 Å². The Labute approximate surface area is 837 Å². The van der Waals surface area contributed by atoms with Crippen LogP contribution < -0.4 is 0 Å². The third-order valence-electron chi connectivity index (χ3n) is 30.7. The summed E-state index contributed by atoms with van der Waals surface area (Å²) in [4.78, 5) is 0. The fourth-order valence-electron chi connectivity index (χ4n) is 24.6. The molecule has 144 heavy (non-hydrogen) atoms. The smallest absolute Gasteiger partial charge is 0.136 e. The van der Waals surface area contributed by atoms with Crippen molar-refractivity contribution in [1.29, 1.82) is 0 Å². The Morgan fingerprint density at radius 1 is 0.125 bits per heavy atom. The summed E-state index contributed by atoms with van der Waals surface area (Å²) in [5, 5.41) is 37.6. The Morgan fingerprint density at radius 2 is 0.375 bits per heavy atom. The number of hydrogen-bond acceptors (Lipinski definition) is 6. The first-order valence-electron chi connectivity index (χ1n) is 49.3. The summed E-state index contributed by atoms with van der Waals surface area (Å²) in [5.41, 5.74) is 28.2. The average Bonchev–Trinajstić information content (AvgIpc) is 1.22. The number of rotatable bonds is 9. The molecule has 6 aromatic heterocycles. The lowest BCUT2D eigenvalue weighted by Crippen LogP contribution is -1.93. The van der Waals surface area contributed by atoms with Crippen molar-refractivity contribution >= 4 is 257 Å². The van der Waals surface area contributed by atoms with Gasteiger partial charge in [0.05, 0.1) is 0 Å². The molecule has 666 valence electrons. The number of fused-ring (bicyclic) bond motifs is 15. The minimum absolute atomic E-state index is 0.940. The predicted octanol–water partition coefficient (Wildman–Crippen LogP) is 41.6. The molecule has 0 unspecified atom stereocenters. The van der Waals surface area contributed by atoms with E-state index in [4.69, 9.17) is 13.3 Å². The molecular formula is C138H78O3S3. The van der Waals surface area contributed by atoms with Crippen molar-refractivity contribution in [3.05, 3.63) is 473 Å². The summed E-state index contributed by atoms with van der Waals surface area (Å²) >= 11 is 5.63. The van der Waals surface area contributed by atoms with Crippen molar-refractivity contribution in [3.63, 3.8) is 0 Å². The summed E-state index contributed by atoms with van der Waals surface area (Å²) in [6.07, 6.45) is 0. The first kappa shape index (κ1) is 81.0. The molecule has 0 N–H and O–H groups in total. The van der Waals surface area contributed by atoms with Crippen LogP contribution in [0.25, 0.3) is 323 Å². The third kappa shape index (κ3) is 12.2. The van der Waals surface area contributed by atoms with Crippen LogP contribution in [0.3, 0.4) is 0 Å². The van der Waals surface area contributed by atoms with Gasteiger partial charge >= 0.3 is 0 Å². The van der Waals surface area contributed by atoms with Crippen molar-refractivity contribution in [1.82, 2.24) is 0 Å². The molecular weight excluding hydrogens is 1800 g/mol. The van der Waals surface area contributed by atoms with Crippen LogP contribution in [-0.4, -0.2) is 0 Å². The molecule has 33 rings (SSSR count). The molecule has 33 aromatic rings. The molecule has 0 aliphatic carbocycles. The zero-order valence-electron chi connectivity index (χ0n) is 77.5. The molecule has 0 radical (unpaired) electrons. The third-order valence-corrected chi connectivity index (χ3v) is 34.1. The second kappa shape index (κ2) is 31.8. The normalized spacial score (nSPS) is 12.2. The maximum atomic E-state index is 6.36. The van der Waals surface area contributed by atoms with Gasteiger partial charge in [-0.15, -0.1) is 34.0 Å². The number of furan rings is 3. The maximum absolute atomic E-state index is 6.36. The van der Waals surface area contributed by atoms with Crippen LogP contribution in [0.15, 0.2) is 486 Å². The van der Waals surface area contributed by atoms with Gasteiger partial charge in [-0.1, -0.05) is 376 Å². The van der Waals surface area contributed by atoms with Crippen LogP contribution in [0.4, 0.5) is 0 Å². The molecule has 0 saturated heterocycles. The van der Waals surface area contributed by atoms with E-state index in [9.17, 15) is 0 Å². The Bertz CT molecular complexity index is 11000. The monoisotopic (exact) mass is 1880 g/mol. The molecule has 0 amide bonds. The van der Waals surface area contributed by atoms with Gasteiger partial charge in [-0.25, -0.2) is 0 Å². The lowest BCUT2D eigenvalue weighted by atomic mass is 9.82. The molecule has 0 fully saturated rings. The van der Waals surface area contributed by atoms with E-state index >= 15 is 0 Å². The van der Waals surface area contributed by atoms with Crippen LogP contribution in [0.2, 0.25) is 0 Å². The largest absolute Gasteiger partial charge is 0.456 e. The van der Waals surface area contributed by atoms with Crippen LogP contribution in [0, 0.1) is 0 Å². The molecule has 6 heteroatoms. The van der Waals surface area contributed by atoms with Crippen molar-refractivity contribution in [2.45, 2.75) is 0 Å². The second-order valence-electron chi connectivity index (χ2n) is 38.3. The number of benzene rings is 27. The SMILES string of the molecule is c1cc(-c2c3ccccc3c(-c3cc4cccc5oc6cccc3c6c45)c3ccccc23)cc(-c2cccc3c2sc2ccccc23)c1.c1cc(-c2ccc3c(c2)sc2ccccc23)cc(-c2c3ccccc3c(-c3cc4cccc5oc6cccc3c6c45)c3ccccc23)c1.c1ccc(-c2c3ccccc3c(-c3cc4cccc5oc6cccc3c6c45)c3ccccc23)c(-c2ccc3c(c2)sc2ccccc23)c1. The van der Waals surface area contributed by atoms with Crippen molar-refractivity contribution in [2.24, 2.45) is 0 Å². The van der Waals surface area contributed by atoms with Gasteiger partial charge in [-0.2, -0.15) is 0 Å². The highest BCUT2D eigenvalue weighted by Crippen LogP contribution is 2.56. The molecule has 0 aliphatic rings. The quantitative estimate of drug-likeness (QED) is 0.107. The lowest BCUT2D eigenvalue weighted by Gasteiger charge is -2.20. The van der Waals surface area contributed by atoms with E-state index in [-0.39, 0.29) is 0 Å². The number of hydrogen-bond donors (Lipinski definition) is 0. The van der Waals surface area contributed by atoms with Crippen LogP contribution in [0.5, 0.6) is 0 Å². The summed E-state index contributed by atoms with van der Waals surface area (Å²) in [6.45, 7) is 0. The van der Waals surface area contributed by atoms with Gasteiger partial charge in [0.25, 0.3) is 0 Å². The molecule has 0 bridgehead atoms. The van der Waals surface area contributed by atoms with Crippen LogP contribution in [0.1, 0.15) is 0 Å². The Kier molecular flexibility index (Phi) is 17.9. The van der Waals surface area contributed by atoms with Gasteiger partial charge < -0.3 is 13.3 Å². The summed E-state index contributed by atoms with van der Waals surface area (Å²) in [5.74, 6) is 0. The van der Waals surface area contributed by atoms with Crippen LogP contribution in [-0.2, 0) is 0 Å². The minimum Gasteiger partial charge on any atom is -0.456 e. The molecule has 6 heterocycles. The zero-order chi connectivity index (χ0) is 94.0. The lowest BCUT2D eigenvalue weighted by molar-refractivity contribution is 0.669. The van der Waals surface area contributed by atoms with E-state index in [1.54, 1.807) is 0 Å².